The summed E-state index contributed by atoms with van der Waals surface area (Å²) in [4.78, 5) is 18.9. The molecule has 5 nitrogen and oxygen atoms in total. The Hall–Kier alpha value is -3.60. The number of aliphatic imine (C=N–C) groups is 1. The number of nitrogens with zero attached hydrogens (tertiary/aromatic N) is 2. The van der Waals surface area contributed by atoms with Crippen molar-refractivity contribution in [2.75, 3.05) is 14.2 Å². The Morgan fingerprint density at radius 1 is 1.00 bits per heavy atom. The summed E-state index contributed by atoms with van der Waals surface area (Å²) in [5.74, 6) is 1.09. The van der Waals surface area contributed by atoms with Crippen molar-refractivity contribution in [3.05, 3.63) is 90.0 Å². The first-order valence-electron chi connectivity index (χ1n) is 10.4. The first-order chi connectivity index (χ1) is 15.0. The van der Waals surface area contributed by atoms with Crippen molar-refractivity contribution in [3.63, 3.8) is 0 Å². The van der Waals surface area contributed by atoms with Crippen molar-refractivity contribution >= 4 is 11.9 Å². The topological polar surface area (TPSA) is 67.9 Å². The van der Waals surface area contributed by atoms with Crippen LogP contribution in [-0.2, 0) is 16.8 Å². The van der Waals surface area contributed by atoms with Crippen molar-refractivity contribution < 1.29 is 9.53 Å². The lowest BCUT2D eigenvalue weighted by Crippen LogP contribution is -2.48. The summed E-state index contributed by atoms with van der Waals surface area (Å²) in [7, 11) is 3.35. The molecule has 5 heteroatoms. The van der Waals surface area contributed by atoms with E-state index in [1.165, 1.54) is 10.5 Å². The van der Waals surface area contributed by atoms with E-state index >= 15 is 0 Å². The number of hydrogen-bond donors (Lipinski definition) is 1. The fraction of sp³-hybridized carbons (Fsp3) is 0.231. The highest BCUT2D eigenvalue weighted by atomic mass is 16.5. The van der Waals surface area contributed by atoms with Gasteiger partial charge < -0.3 is 10.5 Å². The molecule has 0 aromatic heterocycles. The summed E-state index contributed by atoms with van der Waals surface area (Å²) in [5, 5.41) is 0. The van der Waals surface area contributed by atoms with Gasteiger partial charge in [0.1, 0.15) is 5.75 Å². The number of amides is 1. The van der Waals surface area contributed by atoms with E-state index in [-0.39, 0.29) is 11.9 Å². The van der Waals surface area contributed by atoms with Crippen LogP contribution in [-0.4, -0.2) is 30.9 Å². The SMILES string of the molecule is COc1cccc(-c2cccc(CCC3(c4ccccc4)CC(=O)N(C)C(N)=N3)c2)c1. The van der Waals surface area contributed by atoms with Gasteiger partial charge in [-0.2, -0.15) is 0 Å². The van der Waals surface area contributed by atoms with Crippen LogP contribution in [0.5, 0.6) is 5.75 Å². The van der Waals surface area contributed by atoms with E-state index in [1.807, 2.05) is 48.5 Å². The Bertz CT molecular complexity index is 1110. The number of rotatable bonds is 6. The summed E-state index contributed by atoms with van der Waals surface area (Å²) in [6.07, 6.45) is 1.78. The average Bonchev–Trinajstić information content (AvgIpc) is 2.82. The first kappa shape index (κ1) is 20.7. The zero-order valence-corrected chi connectivity index (χ0v) is 17.9. The van der Waals surface area contributed by atoms with Crippen LogP contribution in [0.1, 0.15) is 24.0 Å². The summed E-state index contributed by atoms with van der Waals surface area (Å²) in [6.45, 7) is 0. The van der Waals surface area contributed by atoms with E-state index in [2.05, 4.69) is 30.3 Å². The van der Waals surface area contributed by atoms with Gasteiger partial charge in [-0.05, 0) is 47.2 Å². The van der Waals surface area contributed by atoms with Gasteiger partial charge in [0.25, 0.3) is 0 Å². The highest BCUT2D eigenvalue weighted by Crippen LogP contribution is 2.38. The molecule has 0 spiro atoms. The monoisotopic (exact) mass is 413 g/mol. The van der Waals surface area contributed by atoms with Crippen molar-refractivity contribution in [1.82, 2.24) is 4.90 Å². The Morgan fingerprint density at radius 3 is 2.42 bits per heavy atom. The molecule has 2 N–H and O–H groups in total. The number of ether oxygens (including phenoxy) is 1. The van der Waals surface area contributed by atoms with Crippen LogP contribution < -0.4 is 10.5 Å². The minimum atomic E-state index is -0.652. The number of aryl methyl sites for hydroxylation is 1. The number of carbonyl (C=O) groups is 1. The normalized spacial score (nSPS) is 18.6. The van der Waals surface area contributed by atoms with Gasteiger partial charge in [-0.15, -0.1) is 0 Å². The van der Waals surface area contributed by atoms with Gasteiger partial charge in [0.15, 0.2) is 5.96 Å². The van der Waals surface area contributed by atoms with Crippen LogP contribution in [0.3, 0.4) is 0 Å². The number of carbonyl (C=O) groups excluding carboxylic acids is 1. The molecule has 0 fully saturated rings. The molecule has 0 bridgehead atoms. The summed E-state index contributed by atoms with van der Waals surface area (Å²) < 4.78 is 5.36. The second kappa shape index (κ2) is 8.64. The smallest absolute Gasteiger partial charge is 0.231 e. The standard InChI is InChI=1S/C26H27N3O2/c1-29-24(30)18-26(28-25(29)27,22-11-4-3-5-12-22)15-14-19-8-6-9-20(16-19)21-10-7-13-23(17-21)31-2/h3-13,16-17H,14-15,18H2,1-2H3,(H2,27,28). The van der Waals surface area contributed by atoms with E-state index < -0.39 is 5.54 Å². The van der Waals surface area contributed by atoms with Crippen LogP contribution in [0.4, 0.5) is 0 Å². The minimum Gasteiger partial charge on any atom is -0.497 e. The number of benzene rings is 3. The maximum atomic E-state index is 12.7. The largest absolute Gasteiger partial charge is 0.497 e. The van der Waals surface area contributed by atoms with Crippen molar-refractivity contribution in [2.24, 2.45) is 10.7 Å². The van der Waals surface area contributed by atoms with Crippen LogP contribution in [0, 0.1) is 0 Å². The van der Waals surface area contributed by atoms with E-state index in [4.69, 9.17) is 15.5 Å². The van der Waals surface area contributed by atoms with Gasteiger partial charge in [0.2, 0.25) is 5.91 Å². The molecule has 1 aliphatic heterocycles. The highest BCUT2D eigenvalue weighted by molar-refractivity contribution is 5.98. The molecule has 3 aromatic carbocycles. The Labute approximate surface area is 183 Å². The minimum absolute atomic E-state index is 0.0125. The Morgan fingerprint density at radius 2 is 1.71 bits per heavy atom. The zero-order valence-electron chi connectivity index (χ0n) is 17.9. The van der Waals surface area contributed by atoms with E-state index in [1.54, 1.807) is 14.2 Å². The van der Waals surface area contributed by atoms with Gasteiger partial charge in [0, 0.05) is 7.05 Å². The molecule has 1 unspecified atom stereocenters. The molecule has 1 heterocycles. The number of methoxy groups -OCH3 is 1. The predicted octanol–water partition coefficient (Wildman–Crippen LogP) is 4.37. The van der Waals surface area contributed by atoms with Gasteiger partial charge in [-0.25, -0.2) is 4.99 Å². The molecular formula is C26H27N3O2. The number of nitrogens with two attached hydrogens (primary N) is 1. The van der Waals surface area contributed by atoms with Crippen molar-refractivity contribution in [1.29, 1.82) is 0 Å². The van der Waals surface area contributed by atoms with Crippen LogP contribution in [0.15, 0.2) is 83.9 Å². The lowest BCUT2D eigenvalue weighted by Gasteiger charge is -2.36. The van der Waals surface area contributed by atoms with Gasteiger partial charge >= 0.3 is 0 Å². The molecule has 1 atom stereocenters. The van der Waals surface area contributed by atoms with E-state index in [0.29, 0.717) is 12.8 Å². The van der Waals surface area contributed by atoms with Crippen molar-refractivity contribution in [2.45, 2.75) is 24.8 Å². The van der Waals surface area contributed by atoms with Gasteiger partial charge in [-0.1, -0.05) is 66.7 Å². The molecule has 1 aliphatic rings. The molecule has 1 amide bonds. The second-order valence-electron chi connectivity index (χ2n) is 7.93. The number of guanidine groups is 1. The van der Waals surface area contributed by atoms with Crippen LogP contribution in [0.2, 0.25) is 0 Å². The lowest BCUT2D eigenvalue weighted by atomic mass is 9.80. The van der Waals surface area contributed by atoms with Gasteiger partial charge in [-0.3, -0.25) is 9.69 Å². The number of hydrogen-bond acceptors (Lipinski definition) is 4. The third-order valence-electron chi connectivity index (χ3n) is 5.96. The highest BCUT2D eigenvalue weighted by Gasteiger charge is 2.39. The molecule has 4 rings (SSSR count). The molecule has 158 valence electrons. The fourth-order valence-corrected chi connectivity index (χ4v) is 4.09. The van der Waals surface area contributed by atoms with Crippen LogP contribution >= 0.6 is 0 Å². The average molecular weight is 414 g/mol. The molecular weight excluding hydrogens is 386 g/mol. The Kier molecular flexibility index (Phi) is 5.76. The van der Waals surface area contributed by atoms with Crippen LogP contribution in [0.25, 0.3) is 11.1 Å². The zero-order chi connectivity index (χ0) is 21.8. The lowest BCUT2D eigenvalue weighted by molar-refractivity contribution is -0.128. The Balaban J connectivity index is 1.64. The van der Waals surface area contributed by atoms with E-state index in [0.717, 1.165) is 28.9 Å². The van der Waals surface area contributed by atoms with Gasteiger partial charge in [0.05, 0.1) is 19.1 Å². The maximum absolute atomic E-state index is 12.7. The molecule has 0 saturated carbocycles. The predicted molar refractivity (Wildman–Crippen MR) is 124 cm³/mol. The van der Waals surface area contributed by atoms with E-state index in [9.17, 15) is 4.79 Å². The third-order valence-corrected chi connectivity index (χ3v) is 5.96. The molecule has 3 aromatic rings. The summed E-state index contributed by atoms with van der Waals surface area (Å²) in [5.41, 5.74) is 9.92. The summed E-state index contributed by atoms with van der Waals surface area (Å²) >= 11 is 0. The molecule has 31 heavy (non-hydrogen) atoms. The molecule has 0 radical (unpaired) electrons. The molecule has 0 aliphatic carbocycles. The quantitative estimate of drug-likeness (QED) is 0.653. The molecule has 0 saturated heterocycles. The third kappa shape index (κ3) is 4.31. The summed E-state index contributed by atoms with van der Waals surface area (Å²) in [6, 6.07) is 26.5. The first-order valence-corrected chi connectivity index (χ1v) is 10.4. The maximum Gasteiger partial charge on any atom is 0.231 e. The van der Waals surface area contributed by atoms with Crippen molar-refractivity contribution in [3.8, 4) is 16.9 Å². The second-order valence-corrected chi connectivity index (χ2v) is 7.93. The fourth-order valence-electron chi connectivity index (χ4n) is 4.09.